The first-order chi connectivity index (χ1) is 11.1. The van der Waals surface area contributed by atoms with E-state index in [2.05, 4.69) is 25.2 Å². The number of nitrogens with zero attached hydrogens (tertiary/aromatic N) is 1. The number of carbonyl (C=O) groups is 1. The van der Waals surface area contributed by atoms with Gasteiger partial charge >= 0.3 is 6.03 Å². The molecule has 0 aliphatic carbocycles. The lowest BCUT2D eigenvalue weighted by Crippen LogP contribution is -2.43. The Morgan fingerprint density at radius 3 is 2.65 bits per heavy atom. The van der Waals surface area contributed by atoms with E-state index >= 15 is 0 Å². The van der Waals surface area contributed by atoms with E-state index in [1.807, 2.05) is 17.0 Å². The van der Waals surface area contributed by atoms with Crippen LogP contribution in [-0.2, 0) is 0 Å². The van der Waals surface area contributed by atoms with Crippen molar-refractivity contribution in [3.63, 3.8) is 0 Å². The fourth-order valence-electron chi connectivity index (χ4n) is 3.19. The maximum Gasteiger partial charge on any atom is 0.317 e. The summed E-state index contributed by atoms with van der Waals surface area (Å²) in [5, 5.41) is 3.11. The van der Waals surface area contributed by atoms with E-state index in [0.29, 0.717) is 0 Å². The summed E-state index contributed by atoms with van der Waals surface area (Å²) in [4.78, 5) is 14.3. The number of hydrogen-bond donors (Lipinski definition) is 1. The number of rotatable bonds is 6. The molecule has 1 unspecified atom stereocenters. The van der Waals surface area contributed by atoms with E-state index < -0.39 is 0 Å². The Hall–Kier alpha value is -1.91. The van der Waals surface area contributed by atoms with E-state index in [1.165, 1.54) is 0 Å². The van der Waals surface area contributed by atoms with Gasteiger partial charge in [0.2, 0.25) is 0 Å². The van der Waals surface area contributed by atoms with Crippen LogP contribution in [0.3, 0.4) is 0 Å². The molecule has 1 atom stereocenters. The van der Waals surface area contributed by atoms with Crippen LogP contribution >= 0.6 is 0 Å². The molecule has 5 heteroatoms. The summed E-state index contributed by atoms with van der Waals surface area (Å²) in [5.41, 5.74) is 1.12. The molecule has 23 heavy (non-hydrogen) atoms. The number of ether oxygens (including phenoxy) is 2. The zero-order valence-electron chi connectivity index (χ0n) is 14.6. The molecule has 2 rings (SSSR count). The summed E-state index contributed by atoms with van der Waals surface area (Å²) < 4.78 is 10.9. The molecule has 0 radical (unpaired) electrons. The second kappa shape index (κ2) is 8.09. The average molecular weight is 320 g/mol. The Kier molecular flexibility index (Phi) is 6.13. The lowest BCUT2D eigenvalue weighted by Gasteiger charge is -2.22. The van der Waals surface area contributed by atoms with Gasteiger partial charge in [-0.05, 0) is 25.3 Å². The SMILES string of the molecule is CCC(CC)NC(=O)N1CCC(c2cccc(OC)c2OC)C1. The first-order valence-electron chi connectivity index (χ1n) is 8.40. The molecule has 5 nitrogen and oxygen atoms in total. The number of likely N-dealkylation sites (tertiary alicyclic amines) is 1. The van der Waals surface area contributed by atoms with Gasteiger partial charge < -0.3 is 19.7 Å². The van der Waals surface area contributed by atoms with Crippen molar-refractivity contribution < 1.29 is 14.3 Å². The summed E-state index contributed by atoms with van der Waals surface area (Å²) >= 11 is 0. The summed E-state index contributed by atoms with van der Waals surface area (Å²) in [6, 6.07) is 6.24. The number of urea groups is 1. The third-order valence-corrected chi connectivity index (χ3v) is 4.66. The minimum Gasteiger partial charge on any atom is -0.493 e. The van der Waals surface area contributed by atoms with Crippen LogP contribution in [0, 0.1) is 0 Å². The second-order valence-electron chi connectivity index (χ2n) is 5.98. The van der Waals surface area contributed by atoms with Crippen LogP contribution in [0.4, 0.5) is 4.79 Å². The lowest BCUT2D eigenvalue weighted by molar-refractivity contribution is 0.203. The van der Waals surface area contributed by atoms with E-state index in [4.69, 9.17) is 9.47 Å². The zero-order valence-corrected chi connectivity index (χ0v) is 14.6. The lowest BCUT2D eigenvalue weighted by atomic mass is 9.97. The standard InChI is InChI=1S/C18H28N2O3/c1-5-14(6-2)19-18(21)20-11-10-13(12-20)15-8-7-9-16(22-3)17(15)23-4/h7-9,13-14H,5-6,10-12H2,1-4H3,(H,19,21). The van der Waals surface area contributed by atoms with Crippen molar-refractivity contribution in [2.75, 3.05) is 27.3 Å². The molecule has 1 N–H and O–H groups in total. The first-order valence-corrected chi connectivity index (χ1v) is 8.40. The van der Waals surface area contributed by atoms with Gasteiger partial charge in [0.1, 0.15) is 0 Å². The average Bonchev–Trinajstić information content (AvgIpc) is 3.08. The van der Waals surface area contributed by atoms with Crippen LogP contribution in [0.2, 0.25) is 0 Å². The van der Waals surface area contributed by atoms with Crippen LogP contribution < -0.4 is 14.8 Å². The molecule has 2 amide bonds. The molecule has 0 bridgehead atoms. The molecular weight excluding hydrogens is 292 g/mol. The van der Waals surface area contributed by atoms with E-state index in [1.54, 1.807) is 14.2 Å². The third-order valence-electron chi connectivity index (χ3n) is 4.66. The minimum atomic E-state index is 0.0445. The van der Waals surface area contributed by atoms with Crippen LogP contribution in [0.5, 0.6) is 11.5 Å². The minimum absolute atomic E-state index is 0.0445. The van der Waals surface area contributed by atoms with Crippen molar-refractivity contribution in [2.24, 2.45) is 0 Å². The molecule has 1 aromatic rings. The quantitative estimate of drug-likeness (QED) is 0.874. The molecule has 0 saturated carbocycles. The highest BCUT2D eigenvalue weighted by atomic mass is 16.5. The van der Waals surface area contributed by atoms with Crippen molar-refractivity contribution in [1.82, 2.24) is 10.2 Å². The zero-order chi connectivity index (χ0) is 16.8. The normalized spacial score (nSPS) is 17.4. The van der Waals surface area contributed by atoms with Gasteiger partial charge in [-0.3, -0.25) is 0 Å². The number of amides is 2. The Morgan fingerprint density at radius 1 is 1.30 bits per heavy atom. The molecule has 1 fully saturated rings. The molecule has 1 saturated heterocycles. The Morgan fingerprint density at radius 2 is 2.04 bits per heavy atom. The smallest absolute Gasteiger partial charge is 0.317 e. The summed E-state index contributed by atoms with van der Waals surface area (Å²) in [6.45, 7) is 5.69. The Bertz CT molecular complexity index is 529. The fraction of sp³-hybridized carbons (Fsp3) is 0.611. The molecule has 1 aliphatic heterocycles. The topological polar surface area (TPSA) is 50.8 Å². The van der Waals surface area contributed by atoms with Crippen molar-refractivity contribution >= 4 is 6.03 Å². The number of nitrogens with one attached hydrogen (secondary N) is 1. The third kappa shape index (κ3) is 3.89. The van der Waals surface area contributed by atoms with Gasteiger partial charge in [-0.2, -0.15) is 0 Å². The molecule has 0 spiro atoms. The van der Waals surface area contributed by atoms with Gasteiger partial charge in [-0.15, -0.1) is 0 Å². The summed E-state index contributed by atoms with van der Waals surface area (Å²) in [6.07, 6.45) is 2.87. The van der Waals surface area contributed by atoms with Crippen molar-refractivity contribution in [2.45, 2.75) is 45.1 Å². The first kappa shape index (κ1) is 17.4. The highest BCUT2D eigenvalue weighted by Crippen LogP contribution is 2.39. The van der Waals surface area contributed by atoms with E-state index in [0.717, 1.165) is 49.4 Å². The van der Waals surface area contributed by atoms with Crippen LogP contribution in [0.15, 0.2) is 18.2 Å². The molecule has 1 heterocycles. The van der Waals surface area contributed by atoms with Crippen molar-refractivity contribution in [1.29, 1.82) is 0 Å². The second-order valence-corrected chi connectivity index (χ2v) is 5.98. The number of para-hydroxylation sites is 1. The molecule has 0 aromatic heterocycles. The van der Waals surface area contributed by atoms with E-state index in [-0.39, 0.29) is 18.0 Å². The van der Waals surface area contributed by atoms with Crippen LogP contribution in [0.25, 0.3) is 0 Å². The highest BCUT2D eigenvalue weighted by Gasteiger charge is 2.30. The van der Waals surface area contributed by atoms with Crippen LogP contribution in [-0.4, -0.2) is 44.3 Å². The number of carbonyl (C=O) groups excluding carboxylic acids is 1. The largest absolute Gasteiger partial charge is 0.493 e. The van der Waals surface area contributed by atoms with E-state index in [9.17, 15) is 4.79 Å². The van der Waals surface area contributed by atoms with Gasteiger partial charge in [0.05, 0.1) is 14.2 Å². The van der Waals surface area contributed by atoms with Crippen LogP contribution in [0.1, 0.15) is 44.6 Å². The highest BCUT2D eigenvalue weighted by molar-refractivity contribution is 5.75. The summed E-state index contributed by atoms with van der Waals surface area (Å²) in [7, 11) is 3.31. The summed E-state index contributed by atoms with van der Waals surface area (Å²) in [5.74, 6) is 1.81. The predicted molar refractivity (Wildman–Crippen MR) is 91.4 cm³/mol. The van der Waals surface area contributed by atoms with Gasteiger partial charge in [-0.1, -0.05) is 26.0 Å². The Balaban J connectivity index is 2.07. The Labute approximate surface area is 139 Å². The van der Waals surface area contributed by atoms with Gasteiger partial charge in [-0.25, -0.2) is 4.79 Å². The maximum atomic E-state index is 12.4. The van der Waals surface area contributed by atoms with Crippen molar-refractivity contribution in [3.8, 4) is 11.5 Å². The van der Waals surface area contributed by atoms with Crippen molar-refractivity contribution in [3.05, 3.63) is 23.8 Å². The molecular formula is C18H28N2O3. The predicted octanol–water partition coefficient (Wildman–Crippen LogP) is 3.39. The number of benzene rings is 1. The van der Waals surface area contributed by atoms with Gasteiger partial charge in [0, 0.05) is 30.6 Å². The molecule has 128 valence electrons. The molecule has 1 aliphatic rings. The van der Waals surface area contributed by atoms with Gasteiger partial charge in [0.25, 0.3) is 0 Å². The maximum absolute atomic E-state index is 12.4. The fourth-order valence-corrected chi connectivity index (χ4v) is 3.19. The monoisotopic (exact) mass is 320 g/mol. The molecule has 1 aromatic carbocycles. The van der Waals surface area contributed by atoms with Gasteiger partial charge in [0.15, 0.2) is 11.5 Å². The number of hydrogen-bond acceptors (Lipinski definition) is 3. The number of methoxy groups -OCH3 is 2.